The van der Waals surface area contributed by atoms with E-state index in [0.717, 1.165) is 6.04 Å². The Bertz CT molecular complexity index is 240. The van der Waals surface area contributed by atoms with Crippen LogP contribution in [-0.2, 0) is 0 Å². The van der Waals surface area contributed by atoms with E-state index < -0.39 is 0 Å². The van der Waals surface area contributed by atoms with E-state index in [4.69, 9.17) is 0 Å². The molecule has 2 unspecified atom stereocenters. The summed E-state index contributed by atoms with van der Waals surface area (Å²) in [6.07, 6.45) is 2.56. The van der Waals surface area contributed by atoms with Gasteiger partial charge in [0.05, 0.1) is 0 Å². The molecule has 1 N–H and O–H groups in total. The fourth-order valence-corrected chi connectivity index (χ4v) is 2.94. The number of nitrogens with zero attached hydrogens (tertiary/aromatic N) is 2. The third-order valence-electron chi connectivity index (χ3n) is 4.71. The van der Waals surface area contributed by atoms with Gasteiger partial charge in [0.1, 0.15) is 0 Å². The maximum atomic E-state index is 3.41. The molecule has 3 heteroatoms. The maximum absolute atomic E-state index is 3.41. The van der Waals surface area contributed by atoms with Crippen LogP contribution >= 0.6 is 0 Å². The van der Waals surface area contributed by atoms with Crippen molar-refractivity contribution in [1.29, 1.82) is 0 Å². The van der Waals surface area contributed by atoms with Gasteiger partial charge in [-0.1, -0.05) is 20.8 Å². The van der Waals surface area contributed by atoms with Gasteiger partial charge in [0, 0.05) is 25.2 Å². The quantitative estimate of drug-likeness (QED) is 0.811. The first-order valence-corrected chi connectivity index (χ1v) is 7.50. The van der Waals surface area contributed by atoms with Crippen molar-refractivity contribution in [2.45, 2.75) is 52.6 Å². The molecule has 1 rings (SSSR count). The van der Waals surface area contributed by atoms with Crippen LogP contribution in [0.3, 0.4) is 0 Å². The first-order chi connectivity index (χ1) is 8.40. The van der Waals surface area contributed by atoms with Crippen molar-refractivity contribution < 1.29 is 0 Å². The van der Waals surface area contributed by atoms with Gasteiger partial charge < -0.3 is 10.2 Å². The zero-order chi connectivity index (χ0) is 13.8. The molecule has 3 nitrogen and oxygen atoms in total. The van der Waals surface area contributed by atoms with Crippen molar-refractivity contribution in [3.63, 3.8) is 0 Å². The number of hydrogen-bond acceptors (Lipinski definition) is 3. The third kappa shape index (κ3) is 4.22. The minimum Gasteiger partial charge on any atom is -0.317 e. The van der Waals surface area contributed by atoms with Crippen LogP contribution in [0, 0.1) is 5.41 Å². The standard InChI is InChI=1S/C15H33N3/c1-7-14-11-17(6)9-8-10-18(14)12-15(3,4)13(2)16-5/h13-14,16H,7-12H2,1-6H3. The molecule has 0 aromatic rings. The highest BCUT2D eigenvalue weighted by Crippen LogP contribution is 2.25. The van der Waals surface area contributed by atoms with Gasteiger partial charge in [-0.3, -0.25) is 4.90 Å². The molecule has 0 saturated carbocycles. The van der Waals surface area contributed by atoms with Crippen LogP contribution in [0.25, 0.3) is 0 Å². The highest BCUT2D eigenvalue weighted by molar-refractivity contribution is 4.87. The Balaban J connectivity index is 2.67. The molecule has 0 aromatic heterocycles. The molecule has 0 radical (unpaired) electrons. The predicted molar refractivity (Wildman–Crippen MR) is 80.1 cm³/mol. The van der Waals surface area contributed by atoms with Crippen LogP contribution in [0.5, 0.6) is 0 Å². The van der Waals surface area contributed by atoms with E-state index in [1.54, 1.807) is 0 Å². The van der Waals surface area contributed by atoms with Crippen LogP contribution in [0.4, 0.5) is 0 Å². The molecular formula is C15H33N3. The first-order valence-electron chi connectivity index (χ1n) is 7.50. The predicted octanol–water partition coefficient (Wildman–Crippen LogP) is 2.04. The number of rotatable bonds is 5. The van der Waals surface area contributed by atoms with Crippen molar-refractivity contribution in [3.8, 4) is 0 Å². The number of likely N-dealkylation sites (N-methyl/N-ethyl adjacent to an activating group) is 1. The highest BCUT2D eigenvalue weighted by atomic mass is 15.2. The average Bonchev–Trinajstić information content (AvgIpc) is 2.49. The summed E-state index contributed by atoms with van der Waals surface area (Å²) in [5.41, 5.74) is 0.324. The van der Waals surface area contributed by atoms with Gasteiger partial charge in [-0.2, -0.15) is 0 Å². The Morgan fingerprint density at radius 3 is 2.56 bits per heavy atom. The molecule has 0 amide bonds. The smallest absolute Gasteiger partial charge is 0.0220 e. The van der Waals surface area contributed by atoms with E-state index >= 15 is 0 Å². The van der Waals surface area contributed by atoms with Gasteiger partial charge in [-0.05, 0) is 52.4 Å². The molecule has 0 aliphatic carbocycles. The summed E-state index contributed by atoms with van der Waals surface area (Å²) >= 11 is 0. The summed E-state index contributed by atoms with van der Waals surface area (Å²) in [6, 6.07) is 1.27. The van der Waals surface area contributed by atoms with Crippen molar-refractivity contribution >= 4 is 0 Å². The second kappa shape index (κ2) is 6.88. The van der Waals surface area contributed by atoms with Gasteiger partial charge in [0.25, 0.3) is 0 Å². The molecular weight excluding hydrogens is 222 g/mol. The van der Waals surface area contributed by atoms with Crippen LogP contribution in [-0.4, -0.2) is 62.2 Å². The van der Waals surface area contributed by atoms with E-state index in [1.165, 1.54) is 39.0 Å². The molecule has 1 aliphatic rings. The molecule has 18 heavy (non-hydrogen) atoms. The Kier molecular flexibility index (Phi) is 6.09. The fourth-order valence-electron chi connectivity index (χ4n) is 2.94. The van der Waals surface area contributed by atoms with E-state index in [1.807, 2.05) is 0 Å². The van der Waals surface area contributed by atoms with Gasteiger partial charge in [0.15, 0.2) is 0 Å². The van der Waals surface area contributed by atoms with Gasteiger partial charge in [0.2, 0.25) is 0 Å². The number of hydrogen-bond donors (Lipinski definition) is 1. The molecule has 0 spiro atoms. The maximum Gasteiger partial charge on any atom is 0.0220 e. The zero-order valence-electron chi connectivity index (χ0n) is 13.3. The minimum absolute atomic E-state index is 0.324. The summed E-state index contributed by atoms with van der Waals surface area (Å²) in [5, 5.41) is 3.41. The Hall–Kier alpha value is -0.120. The second-order valence-electron chi connectivity index (χ2n) is 6.65. The molecule has 1 heterocycles. The lowest BCUT2D eigenvalue weighted by molar-refractivity contribution is 0.104. The lowest BCUT2D eigenvalue weighted by Crippen LogP contribution is -2.49. The molecule has 0 bridgehead atoms. The molecule has 1 aliphatic heterocycles. The molecule has 1 fully saturated rings. The molecule has 1 saturated heterocycles. The van der Waals surface area contributed by atoms with Gasteiger partial charge in [-0.15, -0.1) is 0 Å². The molecule has 108 valence electrons. The van der Waals surface area contributed by atoms with Crippen LogP contribution in [0.2, 0.25) is 0 Å². The molecule has 0 aromatic carbocycles. The molecule has 2 atom stereocenters. The topological polar surface area (TPSA) is 18.5 Å². The normalized spacial score (nSPS) is 26.0. The van der Waals surface area contributed by atoms with Crippen LogP contribution in [0.15, 0.2) is 0 Å². The van der Waals surface area contributed by atoms with Crippen molar-refractivity contribution in [1.82, 2.24) is 15.1 Å². The van der Waals surface area contributed by atoms with Crippen molar-refractivity contribution in [2.24, 2.45) is 5.41 Å². The van der Waals surface area contributed by atoms with E-state index in [-0.39, 0.29) is 0 Å². The Morgan fingerprint density at radius 1 is 1.33 bits per heavy atom. The fraction of sp³-hybridized carbons (Fsp3) is 1.00. The van der Waals surface area contributed by atoms with Crippen molar-refractivity contribution in [3.05, 3.63) is 0 Å². The minimum atomic E-state index is 0.324. The van der Waals surface area contributed by atoms with E-state index in [0.29, 0.717) is 11.5 Å². The summed E-state index contributed by atoms with van der Waals surface area (Å²) in [5.74, 6) is 0. The SMILES string of the molecule is CCC1CN(C)CCCN1CC(C)(C)C(C)NC. The van der Waals surface area contributed by atoms with E-state index in [9.17, 15) is 0 Å². The first kappa shape index (κ1) is 15.9. The largest absolute Gasteiger partial charge is 0.317 e. The van der Waals surface area contributed by atoms with Crippen LogP contribution < -0.4 is 5.32 Å². The average molecular weight is 255 g/mol. The number of nitrogens with one attached hydrogen (secondary N) is 1. The highest BCUT2D eigenvalue weighted by Gasteiger charge is 2.31. The summed E-state index contributed by atoms with van der Waals surface area (Å²) in [7, 11) is 4.33. The lowest BCUT2D eigenvalue weighted by atomic mass is 9.84. The summed E-state index contributed by atoms with van der Waals surface area (Å²) < 4.78 is 0. The van der Waals surface area contributed by atoms with E-state index in [2.05, 4.69) is 56.9 Å². The van der Waals surface area contributed by atoms with Crippen LogP contribution in [0.1, 0.15) is 40.5 Å². The van der Waals surface area contributed by atoms with Crippen molar-refractivity contribution in [2.75, 3.05) is 40.3 Å². The summed E-state index contributed by atoms with van der Waals surface area (Å²) in [4.78, 5) is 5.21. The summed E-state index contributed by atoms with van der Waals surface area (Å²) in [6.45, 7) is 14.3. The Morgan fingerprint density at radius 2 is 2.00 bits per heavy atom. The second-order valence-corrected chi connectivity index (χ2v) is 6.65. The monoisotopic (exact) mass is 255 g/mol. The van der Waals surface area contributed by atoms with Gasteiger partial charge in [-0.25, -0.2) is 0 Å². The Labute approximate surface area is 114 Å². The van der Waals surface area contributed by atoms with Gasteiger partial charge >= 0.3 is 0 Å². The zero-order valence-corrected chi connectivity index (χ0v) is 13.3. The third-order valence-corrected chi connectivity index (χ3v) is 4.71. The lowest BCUT2D eigenvalue weighted by Gasteiger charge is -2.40.